The number of nitrogens with two attached hydrogens (primary N) is 1. The van der Waals surface area contributed by atoms with E-state index < -0.39 is 5.97 Å². The first-order valence-corrected chi connectivity index (χ1v) is 7.39. The van der Waals surface area contributed by atoms with E-state index in [1.807, 2.05) is 0 Å². The van der Waals surface area contributed by atoms with Crippen molar-refractivity contribution in [2.75, 3.05) is 18.8 Å². The second-order valence-corrected chi connectivity index (χ2v) is 6.03. The zero-order valence-electron chi connectivity index (χ0n) is 11.3. The molecule has 2 rings (SSSR count). The summed E-state index contributed by atoms with van der Waals surface area (Å²) >= 11 is 11.9. The van der Waals surface area contributed by atoms with Crippen LogP contribution in [-0.2, 0) is 4.79 Å². The summed E-state index contributed by atoms with van der Waals surface area (Å²) in [6.07, 6.45) is 1.69. The first-order valence-electron chi connectivity index (χ1n) is 6.64. The molecule has 0 aliphatic carbocycles. The number of halogens is 2. The van der Waals surface area contributed by atoms with Crippen LogP contribution in [0.15, 0.2) is 12.1 Å². The van der Waals surface area contributed by atoms with Crippen molar-refractivity contribution in [3.63, 3.8) is 0 Å². The second kappa shape index (κ2) is 6.54. The molecule has 0 bridgehead atoms. The van der Waals surface area contributed by atoms with Gasteiger partial charge in [0.2, 0.25) is 0 Å². The molecule has 0 radical (unpaired) electrons. The smallest absolute Gasteiger partial charge is 0.303 e. The molecule has 1 aliphatic heterocycles. The molecular formula is C14H16Cl2N2O3. The Morgan fingerprint density at radius 3 is 2.52 bits per heavy atom. The molecule has 0 spiro atoms. The molecular weight excluding hydrogens is 315 g/mol. The Morgan fingerprint density at radius 2 is 1.95 bits per heavy atom. The molecule has 1 saturated heterocycles. The molecule has 7 heteroatoms. The summed E-state index contributed by atoms with van der Waals surface area (Å²) in [5, 5.41) is 9.34. The van der Waals surface area contributed by atoms with Gasteiger partial charge in [-0.05, 0) is 30.9 Å². The Bertz CT molecular complexity index is 554. The number of nitrogens with zero attached hydrogens (tertiary/aromatic N) is 1. The average Bonchev–Trinajstić information content (AvgIpc) is 2.43. The van der Waals surface area contributed by atoms with Gasteiger partial charge in [0, 0.05) is 25.1 Å². The Kier molecular flexibility index (Phi) is 4.96. The Hall–Kier alpha value is -1.46. The number of carbonyl (C=O) groups excluding carboxylic acids is 1. The number of nitrogen functional groups attached to an aromatic ring is 1. The number of piperidine rings is 1. The molecule has 1 aromatic carbocycles. The number of carboxylic acids is 1. The van der Waals surface area contributed by atoms with Crippen LogP contribution in [0.1, 0.15) is 29.6 Å². The van der Waals surface area contributed by atoms with Crippen LogP contribution in [0.4, 0.5) is 5.69 Å². The lowest BCUT2D eigenvalue weighted by Gasteiger charge is -2.32. The van der Waals surface area contributed by atoms with E-state index in [0.29, 0.717) is 18.7 Å². The highest BCUT2D eigenvalue weighted by molar-refractivity contribution is 6.39. The first kappa shape index (κ1) is 15.9. The van der Waals surface area contributed by atoms with Crippen molar-refractivity contribution in [1.29, 1.82) is 0 Å². The minimum Gasteiger partial charge on any atom is -0.481 e. The Morgan fingerprint density at radius 1 is 1.33 bits per heavy atom. The minimum atomic E-state index is -0.840. The first-order chi connectivity index (χ1) is 9.88. The third-order valence-electron chi connectivity index (χ3n) is 3.60. The quantitative estimate of drug-likeness (QED) is 0.834. The molecule has 1 atom stereocenters. The molecule has 1 unspecified atom stereocenters. The van der Waals surface area contributed by atoms with E-state index in [2.05, 4.69) is 0 Å². The fourth-order valence-corrected chi connectivity index (χ4v) is 3.04. The fraction of sp³-hybridized carbons (Fsp3) is 0.429. The standard InChI is InChI=1S/C14H16Cl2N2O3/c15-10-5-9(6-11(16)13(10)17)14(21)18-3-1-2-8(7-18)4-12(19)20/h5-6,8H,1-4,7,17H2,(H,19,20). The van der Waals surface area contributed by atoms with Crippen molar-refractivity contribution in [3.05, 3.63) is 27.7 Å². The van der Waals surface area contributed by atoms with Gasteiger partial charge >= 0.3 is 5.97 Å². The minimum absolute atomic E-state index is 0.0140. The molecule has 1 aromatic rings. The molecule has 1 heterocycles. The molecule has 114 valence electrons. The topological polar surface area (TPSA) is 83.6 Å². The van der Waals surface area contributed by atoms with E-state index in [1.54, 1.807) is 4.90 Å². The van der Waals surface area contributed by atoms with Crippen molar-refractivity contribution in [3.8, 4) is 0 Å². The largest absolute Gasteiger partial charge is 0.481 e. The summed E-state index contributed by atoms with van der Waals surface area (Å²) in [6, 6.07) is 2.98. The van der Waals surface area contributed by atoms with Crippen LogP contribution in [0.2, 0.25) is 10.0 Å². The van der Waals surface area contributed by atoms with Crippen LogP contribution < -0.4 is 5.73 Å². The van der Waals surface area contributed by atoms with E-state index in [0.717, 1.165) is 12.8 Å². The zero-order valence-corrected chi connectivity index (χ0v) is 12.8. The lowest BCUT2D eigenvalue weighted by molar-refractivity contribution is -0.138. The van der Waals surface area contributed by atoms with Gasteiger partial charge in [0.25, 0.3) is 5.91 Å². The van der Waals surface area contributed by atoms with Gasteiger partial charge in [-0.1, -0.05) is 23.2 Å². The van der Waals surface area contributed by atoms with Gasteiger partial charge in [-0.3, -0.25) is 9.59 Å². The molecule has 0 saturated carbocycles. The number of rotatable bonds is 3. The number of carbonyl (C=O) groups is 2. The predicted octanol–water partition coefficient (Wildman–Crippen LogP) is 2.90. The molecule has 3 N–H and O–H groups in total. The number of aliphatic carboxylic acids is 1. The summed E-state index contributed by atoms with van der Waals surface area (Å²) in [5.74, 6) is -1.05. The maximum absolute atomic E-state index is 12.5. The summed E-state index contributed by atoms with van der Waals surface area (Å²) in [7, 11) is 0. The molecule has 5 nitrogen and oxygen atoms in total. The average molecular weight is 331 g/mol. The van der Waals surface area contributed by atoms with E-state index in [9.17, 15) is 9.59 Å². The highest BCUT2D eigenvalue weighted by Crippen LogP contribution is 2.30. The number of benzene rings is 1. The Balaban J connectivity index is 2.14. The van der Waals surface area contributed by atoms with Crippen LogP contribution in [0.25, 0.3) is 0 Å². The van der Waals surface area contributed by atoms with Crippen LogP contribution in [0.5, 0.6) is 0 Å². The summed E-state index contributed by atoms with van der Waals surface area (Å²) in [5.41, 5.74) is 6.27. The third-order valence-corrected chi connectivity index (χ3v) is 4.22. The number of carboxylic acid groups (broad SMARTS) is 1. The monoisotopic (exact) mass is 330 g/mol. The highest BCUT2D eigenvalue weighted by atomic mass is 35.5. The maximum Gasteiger partial charge on any atom is 0.303 e. The number of hydrogen-bond donors (Lipinski definition) is 2. The van der Waals surface area contributed by atoms with E-state index in [1.165, 1.54) is 12.1 Å². The Labute approximate surface area is 132 Å². The number of amides is 1. The second-order valence-electron chi connectivity index (χ2n) is 5.21. The zero-order chi connectivity index (χ0) is 15.6. The van der Waals surface area contributed by atoms with Crippen molar-refractivity contribution in [2.45, 2.75) is 19.3 Å². The molecule has 1 amide bonds. The van der Waals surface area contributed by atoms with E-state index >= 15 is 0 Å². The molecule has 1 aliphatic rings. The molecule has 1 fully saturated rings. The van der Waals surface area contributed by atoms with Crippen LogP contribution in [0.3, 0.4) is 0 Å². The van der Waals surface area contributed by atoms with Gasteiger partial charge < -0.3 is 15.7 Å². The third kappa shape index (κ3) is 3.80. The summed E-state index contributed by atoms with van der Waals surface area (Å²) < 4.78 is 0. The number of likely N-dealkylation sites (tertiary alicyclic amines) is 1. The van der Waals surface area contributed by atoms with Gasteiger partial charge in [-0.15, -0.1) is 0 Å². The fourth-order valence-electron chi connectivity index (χ4n) is 2.55. The van der Waals surface area contributed by atoms with Gasteiger partial charge in [-0.25, -0.2) is 0 Å². The van der Waals surface area contributed by atoms with Crippen molar-refractivity contribution in [2.24, 2.45) is 5.92 Å². The van der Waals surface area contributed by atoms with E-state index in [-0.39, 0.29) is 34.0 Å². The van der Waals surface area contributed by atoms with Crippen molar-refractivity contribution in [1.82, 2.24) is 4.90 Å². The lowest BCUT2D eigenvalue weighted by atomic mass is 9.94. The molecule has 0 aromatic heterocycles. The maximum atomic E-state index is 12.5. The number of hydrogen-bond acceptors (Lipinski definition) is 3. The van der Waals surface area contributed by atoms with Crippen molar-refractivity contribution >= 4 is 40.8 Å². The SMILES string of the molecule is Nc1c(Cl)cc(C(=O)N2CCCC(CC(=O)O)C2)cc1Cl. The van der Waals surface area contributed by atoms with Crippen LogP contribution >= 0.6 is 23.2 Å². The highest BCUT2D eigenvalue weighted by Gasteiger charge is 2.26. The normalized spacial score (nSPS) is 18.6. The van der Waals surface area contributed by atoms with Crippen molar-refractivity contribution < 1.29 is 14.7 Å². The number of anilines is 1. The van der Waals surface area contributed by atoms with Gasteiger partial charge in [-0.2, -0.15) is 0 Å². The molecule has 21 heavy (non-hydrogen) atoms. The van der Waals surface area contributed by atoms with Gasteiger partial charge in [0.15, 0.2) is 0 Å². The van der Waals surface area contributed by atoms with Gasteiger partial charge in [0.1, 0.15) is 0 Å². The summed E-state index contributed by atoms with van der Waals surface area (Å²) in [6.45, 7) is 1.04. The van der Waals surface area contributed by atoms with E-state index in [4.69, 9.17) is 34.0 Å². The lowest BCUT2D eigenvalue weighted by Crippen LogP contribution is -2.40. The van der Waals surface area contributed by atoms with Crippen LogP contribution in [0, 0.1) is 5.92 Å². The summed E-state index contributed by atoms with van der Waals surface area (Å²) in [4.78, 5) is 24.9. The van der Waals surface area contributed by atoms with Gasteiger partial charge in [0.05, 0.1) is 15.7 Å². The predicted molar refractivity (Wildman–Crippen MR) is 81.8 cm³/mol. The van der Waals surface area contributed by atoms with Crippen LogP contribution in [-0.4, -0.2) is 35.0 Å².